The Balaban J connectivity index is 1.54. The molecule has 2 aromatic carbocycles. The van der Waals surface area contributed by atoms with Crippen LogP contribution in [-0.4, -0.2) is 35.8 Å². The van der Waals surface area contributed by atoms with Gasteiger partial charge in [-0.3, -0.25) is 14.5 Å². The predicted molar refractivity (Wildman–Crippen MR) is 95.3 cm³/mol. The lowest BCUT2D eigenvalue weighted by Gasteiger charge is -2.14. The molecule has 1 aliphatic rings. The molecule has 2 N–H and O–H groups in total. The van der Waals surface area contributed by atoms with Crippen molar-refractivity contribution in [2.45, 2.75) is 0 Å². The molecule has 128 valence electrons. The molecule has 3 rings (SSSR count). The summed E-state index contributed by atoms with van der Waals surface area (Å²) in [6.07, 6.45) is 0. The number of hydrogen-bond donors (Lipinski definition) is 2. The molecule has 0 spiro atoms. The van der Waals surface area contributed by atoms with Crippen molar-refractivity contribution in [3.8, 4) is 0 Å². The molecule has 0 atom stereocenters. The molecule has 8 heteroatoms. The van der Waals surface area contributed by atoms with Crippen LogP contribution in [0.2, 0.25) is 10.0 Å². The molecule has 0 saturated carbocycles. The van der Waals surface area contributed by atoms with Gasteiger partial charge in [0, 0.05) is 28.8 Å². The maximum atomic E-state index is 12.2. The van der Waals surface area contributed by atoms with Crippen LogP contribution in [-0.2, 0) is 0 Å². The first-order valence-corrected chi connectivity index (χ1v) is 8.17. The average Bonchev–Trinajstić information content (AvgIpc) is 2.79. The third-order valence-corrected chi connectivity index (χ3v) is 4.06. The SMILES string of the molecule is O=C(NCCN1C(=O)c2ccccc2C1=O)Nc1cc(Cl)cc(Cl)c1. The third-order valence-electron chi connectivity index (χ3n) is 3.62. The van der Waals surface area contributed by atoms with E-state index in [4.69, 9.17) is 23.2 Å². The second-order valence-corrected chi connectivity index (χ2v) is 6.22. The van der Waals surface area contributed by atoms with E-state index in [1.165, 1.54) is 0 Å². The third kappa shape index (κ3) is 3.75. The van der Waals surface area contributed by atoms with Gasteiger partial charge in [0.15, 0.2) is 0 Å². The van der Waals surface area contributed by atoms with E-state index >= 15 is 0 Å². The zero-order valence-electron chi connectivity index (χ0n) is 12.9. The van der Waals surface area contributed by atoms with Crippen LogP contribution in [0.15, 0.2) is 42.5 Å². The van der Waals surface area contributed by atoms with Crippen molar-refractivity contribution in [3.05, 3.63) is 63.6 Å². The first-order valence-electron chi connectivity index (χ1n) is 7.42. The van der Waals surface area contributed by atoms with Crippen LogP contribution in [0, 0.1) is 0 Å². The van der Waals surface area contributed by atoms with Gasteiger partial charge in [-0.25, -0.2) is 4.79 Å². The summed E-state index contributed by atoms with van der Waals surface area (Å²) in [4.78, 5) is 37.4. The summed E-state index contributed by atoms with van der Waals surface area (Å²) in [6, 6.07) is 10.8. The van der Waals surface area contributed by atoms with Crippen molar-refractivity contribution in [3.63, 3.8) is 0 Å². The van der Waals surface area contributed by atoms with Crippen LogP contribution in [0.3, 0.4) is 0 Å². The number of hydrogen-bond acceptors (Lipinski definition) is 3. The van der Waals surface area contributed by atoms with E-state index in [0.29, 0.717) is 26.9 Å². The smallest absolute Gasteiger partial charge is 0.319 e. The first-order chi connectivity index (χ1) is 12.0. The number of urea groups is 1. The molecule has 0 radical (unpaired) electrons. The van der Waals surface area contributed by atoms with Crippen molar-refractivity contribution >= 4 is 46.7 Å². The fourth-order valence-electron chi connectivity index (χ4n) is 2.52. The maximum absolute atomic E-state index is 12.2. The summed E-state index contributed by atoms with van der Waals surface area (Å²) in [5, 5.41) is 5.96. The minimum atomic E-state index is -0.491. The van der Waals surface area contributed by atoms with Gasteiger partial charge < -0.3 is 10.6 Å². The Bertz CT molecular complexity index is 815. The van der Waals surface area contributed by atoms with E-state index in [1.54, 1.807) is 42.5 Å². The number of imide groups is 1. The molecule has 0 aliphatic carbocycles. The highest BCUT2D eigenvalue weighted by Gasteiger charge is 2.34. The number of benzene rings is 2. The molecule has 2 aromatic rings. The molecule has 6 nitrogen and oxygen atoms in total. The highest BCUT2D eigenvalue weighted by molar-refractivity contribution is 6.35. The second-order valence-electron chi connectivity index (χ2n) is 5.35. The van der Waals surface area contributed by atoms with Gasteiger partial charge in [0.25, 0.3) is 11.8 Å². The van der Waals surface area contributed by atoms with Gasteiger partial charge in [-0.05, 0) is 30.3 Å². The summed E-state index contributed by atoms with van der Waals surface area (Å²) < 4.78 is 0. The molecular formula is C17H13Cl2N3O3. The molecule has 1 aliphatic heterocycles. The lowest BCUT2D eigenvalue weighted by molar-refractivity contribution is 0.0656. The first kappa shape index (κ1) is 17.3. The monoisotopic (exact) mass is 377 g/mol. The fourth-order valence-corrected chi connectivity index (χ4v) is 3.05. The van der Waals surface area contributed by atoms with E-state index in [1.807, 2.05) is 0 Å². The largest absolute Gasteiger partial charge is 0.336 e. The molecule has 0 saturated heterocycles. The van der Waals surface area contributed by atoms with Crippen LogP contribution in [0.25, 0.3) is 0 Å². The number of fused-ring (bicyclic) bond motifs is 1. The van der Waals surface area contributed by atoms with Crippen LogP contribution in [0.4, 0.5) is 10.5 Å². The van der Waals surface area contributed by atoms with Gasteiger partial charge in [-0.1, -0.05) is 35.3 Å². The zero-order valence-corrected chi connectivity index (χ0v) is 14.4. The fraction of sp³-hybridized carbons (Fsp3) is 0.118. The molecule has 0 bridgehead atoms. The summed E-state index contributed by atoms with van der Waals surface area (Å²) >= 11 is 11.7. The summed E-state index contributed by atoms with van der Waals surface area (Å²) in [5.74, 6) is -0.714. The molecular weight excluding hydrogens is 365 g/mol. The Kier molecular flexibility index (Phi) is 4.92. The molecule has 25 heavy (non-hydrogen) atoms. The Morgan fingerprint density at radius 1 is 0.960 bits per heavy atom. The zero-order chi connectivity index (χ0) is 18.0. The number of carbonyl (C=O) groups is 3. The number of carbonyl (C=O) groups excluding carboxylic acids is 3. The number of nitrogens with one attached hydrogen (secondary N) is 2. The Morgan fingerprint density at radius 2 is 1.52 bits per heavy atom. The standard InChI is InChI=1S/C17H13Cl2N3O3/c18-10-7-11(19)9-12(8-10)21-17(25)20-5-6-22-15(23)13-3-1-2-4-14(13)16(22)24/h1-4,7-9H,5-6H2,(H2,20,21,25). The number of anilines is 1. The van der Waals surface area contributed by atoms with E-state index in [0.717, 1.165) is 4.90 Å². The molecule has 0 unspecified atom stereocenters. The normalized spacial score (nSPS) is 13.0. The minimum absolute atomic E-state index is 0.0794. The van der Waals surface area contributed by atoms with Gasteiger partial charge in [-0.2, -0.15) is 0 Å². The molecule has 1 heterocycles. The van der Waals surface area contributed by atoms with Crippen molar-refractivity contribution in [2.75, 3.05) is 18.4 Å². The van der Waals surface area contributed by atoms with Crippen LogP contribution in [0.1, 0.15) is 20.7 Å². The Hall–Kier alpha value is -2.57. The minimum Gasteiger partial charge on any atom is -0.336 e. The Labute approximate surface area is 153 Å². The maximum Gasteiger partial charge on any atom is 0.319 e. The van der Waals surface area contributed by atoms with Gasteiger partial charge in [-0.15, -0.1) is 0 Å². The van der Waals surface area contributed by atoms with Crippen molar-refractivity contribution in [1.82, 2.24) is 10.2 Å². The Morgan fingerprint density at radius 3 is 2.08 bits per heavy atom. The van der Waals surface area contributed by atoms with Crippen LogP contribution < -0.4 is 10.6 Å². The molecule has 0 fully saturated rings. The lowest BCUT2D eigenvalue weighted by Crippen LogP contribution is -2.39. The topological polar surface area (TPSA) is 78.5 Å². The highest BCUT2D eigenvalue weighted by atomic mass is 35.5. The number of halogens is 2. The van der Waals surface area contributed by atoms with E-state index in [-0.39, 0.29) is 24.9 Å². The van der Waals surface area contributed by atoms with E-state index < -0.39 is 6.03 Å². The summed E-state index contributed by atoms with van der Waals surface area (Å²) in [6.45, 7) is 0.196. The van der Waals surface area contributed by atoms with E-state index in [2.05, 4.69) is 10.6 Å². The van der Waals surface area contributed by atoms with Crippen molar-refractivity contribution in [2.24, 2.45) is 0 Å². The predicted octanol–water partition coefficient (Wildman–Crippen LogP) is 3.41. The molecule has 4 amide bonds. The highest BCUT2D eigenvalue weighted by Crippen LogP contribution is 2.23. The van der Waals surface area contributed by atoms with Gasteiger partial charge in [0.2, 0.25) is 0 Å². The van der Waals surface area contributed by atoms with Gasteiger partial charge in [0.1, 0.15) is 0 Å². The second kappa shape index (κ2) is 7.13. The summed E-state index contributed by atoms with van der Waals surface area (Å²) in [7, 11) is 0. The van der Waals surface area contributed by atoms with Crippen molar-refractivity contribution < 1.29 is 14.4 Å². The number of rotatable bonds is 4. The van der Waals surface area contributed by atoms with Crippen molar-refractivity contribution in [1.29, 1.82) is 0 Å². The van der Waals surface area contributed by atoms with E-state index in [9.17, 15) is 14.4 Å². The van der Waals surface area contributed by atoms with Gasteiger partial charge in [0.05, 0.1) is 11.1 Å². The number of nitrogens with zero attached hydrogens (tertiary/aromatic N) is 1. The summed E-state index contributed by atoms with van der Waals surface area (Å²) in [5.41, 5.74) is 1.20. The van der Waals surface area contributed by atoms with Gasteiger partial charge >= 0.3 is 6.03 Å². The quantitative estimate of drug-likeness (QED) is 0.801. The van der Waals surface area contributed by atoms with Crippen LogP contribution >= 0.6 is 23.2 Å². The molecule has 0 aromatic heterocycles. The van der Waals surface area contributed by atoms with Crippen LogP contribution in [0.5, 0.6) is 0 Å². The average molecular weight is 378 g/mol. The lowest BCUT2D eigenvalue weighted by atomic mass is 10.1. The number of amides is 4.